The fourth-order valence-electron chi connectivity index (χ4n) is 1.95. The maximum Gasteiger partial charge on any atom is 0.255 e. The quantitative estimate of drug-likeness (QED) is 0.767. The minimum atomic E-state index is -0.165. The second-order valence-corrected chi connectivity index (χ2v) is 5.30. The Morgan fingerprint density at radius 1 is 1.25 bits per heavy atom. The van der Waals surface area contributed by atoms with Crippen LogP contribution < -0.4 is 5.32 Å². The van der Waals surface area contributed by atoms with Gasteiger partial charge in [0.2, 0.25) is 0 Å². The molecule has 1 N–H and O–H groups in total. The number of rotatable bonds is 2. The molecule has 100 valence electrons. The molecule has 0 unspecified atom stereocenters. The van der Waals surface area contributed by atoms with E-state index in [-0.39, 0.29) is 5.91 Å². The zero-order valence-electron chi connectivity index (χ0n) is 10.7. The van der Waals surface area contributed by atoms with E-state index in [1.165, 1.54) is 0 Å². The lowest BCUT2D eigenvalue weighted by molar-refractivity contribution is 0.102. The first-order chi connectivity index (χ1) is 9.61. The minimum absolute atomic E-state index is 0.165. The SMILES string of the molecule is Cc1nc2ccc(NC(=O)c3cccc(Br)c3)cc2o1. The zero-order chi connectivity index (χ0) is 14.1. The number of aromatic nitrogens is 1. The molecule has 5 heteroatoms. The van der Waals surface area contributed by atoms with Crippen LogP contribution >= 0.6 is 15.9 Å². The van der Waals surface area contributed by atoms with Gasteiger partial charge in [0.1, 0.15) is 5.52 Å². The van der Waals surface area contributed by atoms with Crippen LogP contribution in [-0.4, -0.2) is 10.9 Å². The van der Waals surface area contributed by atoms with E-state index < -0.39 is 0 Å². The summed E-state index contributed by atoms with van der Waals surface area (Å²) in [4.78, 5) is 16.3. The average molecular weight is 331 g/mol. The molecule has 0 spiro atoms. The monoisotopic (exact) mass is 330 g/mol. The van der Waals surface area contributed by atoms with Gasteiger partial charge in [0.05, 0.1) is 0 Å². The number of nitrogens with one attached hydrogen (secondary N) is 1. The van der Waals surface area contributed by atoms with Gasteiger partial charge in [0, 0.05) is 28.7 Å². The second kappa shape index (κ2) is 5.09. The topological polar surface area (TPSA) is 55.1 Å². The number of fused-ring (bicyclic) bond motifs is 1. The maximum absolute atomic E-state index is 12.1. The number of halogens is 1. The van der Waals surface area contributed by atoms with Gasteiger partial charge in [0.15, 0.2) is 11.5 Å². The molecule has 20 heavy (non-hydrogen) atoms. The van der Waals surface area contributed by atoms with E-state index in [0.717, 1.165) is 9.99 Å². The van der Waals surface area contributed by atoms with Crippen molar-refractivity contribution < 1.29 is 9.21 Å². The molecule has 0 saturated carbocycles. The van der Waals surface area contributed by atoms with Crippen LogP contribution in [0.5, 0.6) is 0 Å². The predicted molar refractivity (Wildman–Crippen MR) is 80.8 cm³/mol. The van der Waals surface area contributed by atoms with Gasteiger partial charge < -0.3 is 9.73 Å². The highest BCUT2D eigenvalue weighted by molar-refractivity contribution is 9.10. The number of aryl methyl sites for hydroxylation is 1. The molecular formula is C15H11BrN2O2. The number of carbonyl (C=O) groups excluding carboxylic acids is 1. The van der Waals surface area contributed by atoms with E-state index in [1.807, 2.05) is 18.2 Å². The van der Waals surface area contributed by atoms with Gasteiger partial charge in [-0.1, -0.05) is 22.0 Å². The number of benzene rings is 2. The van der Waals surface area contributed by atoms with Gasteiger partial charge in [-0.05, 0) is 30.3 Å². The van der Waals surface area contributed by atoms with Crippen LogP contribution in [0.2, 0.25) is 0 Å². The summed E-state index contributed by atoms with van der Waals surface area (Å²) in [6.07, 6.45) is 0. The van der Waals surface area contributed by atoms with E-state index >= 15 is 0 Å². The van der Waals surface area contributed by atoms with Crippen molar-refractivity contribution in [3.8, 4) is 0 Å². The van der Waals surface area contributed by atoms with E-state index in [9.17, 15) is 4.79 Å². The van der Waals surface area contributed by atoms with E-state index in [1.54, 1.807) is 31.2 Å². The van der Waals surface area contributed by atoms with Crippen LogP contribution in [0.4, 0.5) is 5.69 Å². The molecule has 0 bridgehead atoms. The Balaban J connectivity index is 1.87. The van der Waals surface area contributed by atoms with Gasteiger partial charge in [-0.25, -0.2) is 4.98 Å². The number of hydrogen-bond acceptors (Lipinski definition) is 3. The zero-order valence-corrected chi connectivity index (χ0v) is 12.3. The average Bonchev–Trinajstić information content (AvgIpc) is 2.78. The van der Waals surface area contributed by atoms with Crippen LogP contribution in [0.25, 0.3) is 11.1 Å². The molecule has 1 heterocycles. The molecule has 0 atom stereocenters. The summed E-state index contributed by atoms with van der Waals surface area (Å²) in [5, 5.41) is 2.84. The first kappa shape index (κ1) is 12.9. The third kappa shape index (κ3) is 2.58. The minimum Gasteiger partial charge on any atom is -0.441 e. The lowest BCUT2D eigenvalue weighted by atomic mass is 10.2. The predicted octanol–water partition coefficient (Wildman–Crippen LogP) is 4.15. The fourth-order valence-corrected chi connectivity index (χ4v) is 2.35. The van der Waals surface area contributed by atoms with Crippen molar-refractivity contribution in [1.29, 1.82) is 0 Å². The Kier molecular flexibility index (Phi) is 3.28. The largest absolute Gasteiger partial charge is 0.441 e. The Morgan fingerprint density at radius 2 is 2.10 bits per heavy atom. The summed E-state index contributed by atoms with van der Waals surface area (Å²) < 4.78 is 6.31. The summed E-state index contributed by atoms with van der Waals surface area (Å²) in [7, 11) is 0. The Hall–Kier alpha value is -2.14. The third-order valence-corrected chi connectivity index (χ3v) is 3.33. The summed E-state index contributed by atoms with van der Waals surface area (Å²) in [5.41, 5.74) is 2.71. The molecule has 0 radical (unpaired) electrons. The Bertz CT molecular complexity index is 795. The third-order valence-electron chi connectivity index (χ3n) is 2.84. The van der Waals surface area contributed by atoms with E-state index in [0.29, 0.717) is 22.7 Å². The molecule has 0 saturated heterocycles. The summed E-state index contributed by atoms with van der Waals surface area (Å²) >= 11 is 3.35. The fraction of sp³-hybridized carbons (Fsp3) is 0.0667. The molecule has 3 rings (SSSR count). The standard InChI is InChI=1S/C15H11BrN2O2/c1-9-17-13-6-5-12(8-14(13)20-9)18-15(19)10-3-2-4-11(16)7-10/h2-8H,1H3,(H,18,19). The van der Waals surface area contributed by atoms with Crippen LogP contribution in [-0.2, 0) is 0 Å². The second-order valence-electron chi connectivity index (χ2n) is 4.38. The first-order valence-corrected chi connectivity index (χ1v) is 6.85. The number of oxazole rings is 1. The molecule has 1 amide bonds. The van der Waals surface area contributed by atoms with Gasteiger partial charge in [0.25, 0.3) is 5.91 Å². The maximum atomic E-state index is 12.1. The highest BCUT2D eigenvalue weighted by atomic mass is 79.9. The first-order valence-electron chi connectivity index (χ1n) is 6.06. The number of nitrogens with zero attached hydrogens (tertiary/aromatic N) is 1. The molecule has 0 aliphatic carbocycles. The highest BCUT2D eigenvalue weighted by Crippen LogP contribution is 2.20. The normalized spacial score (nSPS) is 10.7. The van der Waals surface area contributed by atoms with Crippen molar-refractivity contribution in [2.45, 2.75) is 6.92 Å². The molecular weight excluding hydrogens is 320 g/mol. The van der Waals surface area contributed by atoms with Crippen LogP contribution in [0.1, 0.15) is 16.2 Å². The molecule has 2 aromatic carbocycles. The van der Waals surface area contributed by atoms with Crippen molar-refractivity contribution in [2.75, 3.05) is 5.32 Å². The van der Waals surface area contributed by atoms with E-state index in [4.69, 9.17) is 4.42 Å². The van der Waals surface area contributed by atoms with Crippen molar-refractivity contribution >= 4 is 38.6 Å². The molecule has 4 nitrogen and oxygen atoms in total. The summed E-state index contributed by atoms with van der Waals surface area (Å²) in [5.74, 6) is 0.442. The van der Waals surface area contributed by atoms with Crippen molar-refractivity contribution in [2.24, 2.45) is 0 Å². The van der Waals surface area contributed by atoms with Crippen LogP contribution in [0.15, 0.2) is 51.4 Å². The molecule has 1 aromatic heterocycles. The number of amides is 1. The summed E-state index contributed by atoms with van der Waals surface area (Å²) in [6, 6.07) is 12.6. The number of carbonyl (C=O) groups is 1. The lowest BCUT2D eigenvalue weighted by Crippen LogP contribution is -2.11. The van der Waals surface area contributed by atoms with Crippen molar-refractivity contribution in [1.82, 2.24) is 4.98 Å². The molecule has 0 aliphatic rings. The molecule has 0 aliphatic heterocycles. The van der Waals surface area contributed by atoms with Crippen molar-refractivity contribution in [3.63, 3.8) is 0 Å². The lowest BCUT2D eigenvalue weighted by Gasteiger charge is -2.05. The number of hydrogen-bond donors (Lipinski definition) is 1. The molecule has 0 fully saturated rings. The van der Waals surface area contributed by atoms with Crippen LogP contribution in [0, 0.1) is 6.92 Å². The Labute approximate surface area is 123 Å². The number of anilines is 1. The Morgan fingerprint density at radius 3 is 2.90 bits per heavy atom. The summed E-state index contributed by atoms with van der Waals surface area (Å²) in [6.45, 7) is 1.79. The van der Waals surface area contributed by atoms with Crippen molar-refractivity contribution in [3.05, 3.63) is 58.4 Å². The molecule has 3 aromatic rings. The van der Waals surface area contributed by atoms with Gasteiger partial charge in [-0.3, -0.25) is 4.79 Å². The highest BCUT2D eigenvalue weighted by Gasteiger charge is 2.08. The van der Waals surface area contributed by atoms with Gasteiger partial charge in [-0.2, -0.15) is 0 Å². The smallest absolute Gasteiger partial charge is 0.255 e. The van der Waals surface area contributed by atoms with Crippen LogP contribution in [0.3, 0.4) is 0 Å². The van der Waals surface area contributed by atoms with E-state index in [2.05, 4.69) is 26.2 Å². The van der Waals surface area contributed by atoms with Gasteiger partial charge in [-0.15, -0.1) is 0 Å². The van der Waals surface area contributed by atoms with Gasteiger partial charge >= 0.3 is 0 Å².